The third kappa shape index (κ3) is 2.67. The zero-order chi connectivity index (χ0) is 17.0. The number of nitrogens with zero attached hydrogens (tertiary/aromatic N) is 2. The Morgan fingerprint density at radius 1 is 1.28 bits per heavy atom. The summed E-state index contributed by atoms with van der Waals surface area (Å²) < 4.78 is 5.67. The Kier molecular flexibility index (Phi) is 3.46. The molecule has 3 aliphatic rings. The highest BCUT2D eigenvalue weighted by Gasteiger charge is 2.59. The fraction of sp³-hybridized carbons (Fsp3) is 0.571. The van der Waals surface area contributed by atoms with Gasteiger partial charge in [-0.15, -0.1) is 0 Å². The topological polar surface area (TPSA) is 36.7 Å². The average molecular weight is 338 g/mol. The minimum atomic E-state index is 0.301. The van der Waals surface area contributed by atoms with E-state index in [0.29, 0.717) is 23.3 Å². The van der Waals surface area contributed by atoms with Crippen molar-refractivity contribution in [2.45, 2.75) is 44.7 Å². The minimum absolute atomic E-state index is 0.301. The number of hydrogen-bond donors (Lipinski definition) is 0. The van der Waals surface area contributed by atoms with Crippen LogP contribution in [0.4, 0.5) is 0 Å². The Morgan fingerprint density at radius 2 is 2.04 bits per heavy atom. The van der Waals surface area contributed by atoms with Crippen LogP contribution in [0.15, 0.2) is 34.9 Å². The van der Waals surface area contributed by atoms with Crippen LogP contribution in [0.2, 0.25) is 0 Å². The number of rotatable bonds is 4. The van der Waals surface area contributed by atoms with Gasteiger partial charge in [0.05, 0.1) is 6.26 Å². The van der Waals surface area contributed by atoms with Gasteiger partial charge in [-0.2, -0.15) is 0 Å². The number of para-hydroxylation sites is 1. The first-order valence-electron chi connectivity index (χ1n) is 9.60. The first-order chi connectivity index (χ1) is 12.2. The Hall–Kier alpha value is -1.81. The van der Waals surface area contributed by atoms with E-state index in [1.54, 1.807) is 0 Å². The van der Waals surface area contributed by atoms with Gasteiger partial charge in [0.2, 0.25) is 5.91 Å². The van der Waals surface area contributed by atoms with Gasteiger partial charge in [0.1, 0.15) is 5.58 Å². The lowest BCUT2D eigenvalue weighted by Gasteiger charge is -2.33. The predicted molar refractivity (Wildman–Crippen MR) is 97.1 cm³/mol. The Labute approximate surface area is 148 Å². The summed E-state index contributed by atoms with van der Waals surface area (Å²) in [6.45, 7) is 3.14. The van der Waals surface area contributed by atoms with Crippen LogP contribution in [0.3, 0.4) is 0 Å². The summed E-state index contributed by atoms with van der Waals surface area (Å²) in [6.07, 6.45) is 7.76. The van der Waals surface area contributed by atoms with Gasteiger partial charge in [-0.1, -0.05) is 18.2 Å². The van der Waals surface area contributed by atoms with E-state index in [2.05, 4.69) is 17.0 Å². The quantitative estimate of drug-likeness (QED) is 0.854. The van der Waals surface area contributed by atoms with E-state index in [0.717, 1.165) is 44.5 Å². The zero-order valence-corrected chi connectivity index (χ0v) is 14.9. The van der Waals surface area contributed by atoms with Crippen molar-refractivity contribution in [3.05, 3.63) is 36.1 Å². The van der Waals surface area contributed by atoms with Gasteiger partial charge in [-0.3, -0.25) is 9.69 Å². The molecule has 132 valence electrons. The molecule has 1 amide bonds. The molecule has 1 aliphatic heterocycles. The molecule has 1 aromatic heterocycles. The number of benzene rings is 1. The molecule has 2 aromatic rings. The number of furan rings is 1. The highest BCUT2D eigenvalue weighted by atomic mass is 16.3. The number of carbonyl (C=O) groups is 1. The van der Waals surface area contributed by atoms with Crippen LogP contribution in [0.5, 0.6) is 0 Å². The molecule has 0 N–H and O–H groups in total. The molecule has 4 nitrogen and oxygen atoms in total. The maximum absolute atomic E-state index is 12.6. The molecule has 3 fully saturated rings. The van der Waals surface area contributed by atoms with E-state index in [4.69, 9.17) is 4.42 Å². The first-order valence-corrected chi connectivity index (χ1v) is 9.60. The van der Waals surface area contributed by atoms with Crippen molar-refractivity contribution < 1.29 is 9.21 Å². The van der Waals surface area contributed by atoms with Gasteiger partial charge in [0, 0.05) is 36.5 Å². The van der Waals surface area contributed by atoms with Crippen LogP contribution in [-0.2, 0) is 11.3 Å². The number of piperidine rings is 1. The highest BCUT2D eigenvalue weighted by molar-refractivity contribution is 5.83. The van der Waals surface area contributed by atoms with Gasteiger partial charge in [0.15, 0.2) is 0 Å². The second-order valence-electron chi connectivity index (χ2n) is 8.33. The molecule has 2 saturated carbocycles. The molecule has 1 aromatic carbocycles. The van der Waals surface area contributed by atoms with Crippen molar-refractivity contribution in [2.24, 2.45) is 11.3 Å². The fourth-order valence-electron chi connectivity index (χ4n) is 4.69. The molecule has 1 unspecified atom stereocenters. The normalized spacial score (nSPS) is 25.4. The molecule has 2 aliphatic carbocycles. The first kappa shape index (κ1) is 15.4. The summed E-state index contributed by atoms with van der Waals surface area (Å²) in [5, 5.41) is 1.23. The van der Waals surface area contributed by atoms with Gasteiger partial charge in [0.25, 0.3) is 0 Å². The van der Waals surface area contributed by atoms with Crippen molar-refractivity contribution in [2.75, 3.05) is 20.1 Å². The van der Waals surface area contributed by atoms with Crippen LogP contribution in [0, 0.1) is 11.3 Å². The number of carbonyl (C=O) groups excluding carboxylic acids is 1. The lowest BCUT2D eigenvalue weighted by atomic mass is 9.90. The molecule has 25 heavy (non-hydrogen) atoms. The molecular weight excluding hydrogens is 312 g/mol. The largest absolute Gasteiger partial charge is 0.464 e. The van der Waals surface area contributed by atoms with Crippen LogP contribution >= 0.6 is 0 Å². The molecule has 5 rings (SSSR count). The lowest BCUT2D eigenvalue weighted by molar-refractivity contribution is -0.132. The third-order valence-electron chi connectivity index (χ3n) is 6.74. The number of hydrogen-bond acceptors (Lipinski definition) is 3. The summed E-state index contributed by atoms with van der Waals surface area (Å²) in [4.78, 5) is 17.2. The maximum atomic E-state index is 12.6. The van der Waals surface area contributed by atoms with Gasteiger partial charge < -0.3 is 9.32 Å². The SMILES string of the molecule is CN(C(=O)C1CC12CCN(Cc1coc3ccccc13)CC2)C1CC1. The van der Waals surface area contributed by atoms with E-state index >= 15 is 0 Å². The standard InChI is InChI=1S/C21H26N2O2/c1-22(16-6-7-16)20(24)18-12-21(18)8-10-23(11-9-21)13-15-14-25-19-5-3-2-4-17(15)19/h2-5,14,16,18H,6-13H2,1H3. The third-order valence-corrected chi connectivity index (χ3v) is 6.74. The average Bonchev–Trinajstić information content (AvgIpc) is 3.56. The minimum Gasteiger partial charge on any atom is -0.464 e. The highest BCUT2D eigenvalue weighted by Crippen LogP contribution is 2.60. The molecule has 1 saturated heterocycles. The molecule has 0 radical (unpaired) electrons. The maximum Gasteiger partial charge on any atom is 0.226 e. The number of likely N-dealkylation sites (tertiary alicyclic amines) is 1. The summed E-state index contributed by atoms with van der Waals surface area (Å²) in [6, 6.07) is 8.80. The molecule has 4 heteroatoms. The van der Waals surface area contributed by atoms with Crippen molar-refractivity contribution in [1.29, 1.82) is 0 Å². The van der Waals surface area contributed by atoms with E-state index in [1.807, 2.05) is 30.3 Å². The summed E-state index contributed by atoms with van der Waals surface area (Å²) in [5.41, 5.74) is 2.57. The predicted octanol–water partition coefficient (Wildman–Crippen LogP) is 3.66. The van der Waals surface area contributed by atoms with Crippen molar-refractivity contribution in [1.82, 2.24) is 9.80 Å². The second-order valence-corrected chi connectivity index (χ2v) is 8.33. The van der Waals surface area contributed by atoms with Gasteiger partial charge in [-0.05, 0) is 56.7 Å². The van der Waals surface area contributed by atoms with Gasteiger partial charge in [-0.25, -0.2) is 0 Å². The van der Waals surface area contributed by atoms with Crippen LogP contribution in [0.1, 0.15) is 37.7 Å². The monoisotopic (exact) mass is 338 g/mol. The molecule has 0 bridgehead atoms. The van der Waals surface area contributed by atoms with Crippen molar-refractivity contribution in [3.8, 4) is 0 Å². The van der Waals surface area contributed by atoms with Crippen LogP contribution in [-0.4, -0.2) is 41.9 Å². The zero-order valence-electron chi connectivity index (χ0n) is 14.9. The van der Waals surface area contributed by atoms with Crippen LogP contribution in [0.25, 0.3) is 11.0 Å². The second kappa shape index (κ2) is 5.60. The number of amides is 1. The Balaban J connectivity index is 1.20. The van der Waals surface area contributed by atoms with E-state index in [1.165, 1.54) is 23.8 Å². The molecule has 1 spiro atoms. The summed E-state index contributed by atoms with van der Waals surface area (Å²) in [7, 11) is 2.01. The Morgan fingerprint density at radius 3 is 2.80 bits per heavy atom. The lowest BCUT2D eigenvalue weighted by Crippen LogP contribution is -2.37. The summed E-state index contributed by atoms with van der Waals surface area (Å²) >= 11 is 0. The Bertz CT molecular complexity index is 799. The smallest absolute Gasteiger partial charge is 0.226 e. The van der Waals surface area contributed by atoms with Crippen molar-refractivity contribution in [3.63, 3.8) is 0 Å². The van der Waals surface area contributed by atoms with E-state index < -0.39 is 0 Å². The molecular formula is C21H26N2O2. The number of fused-ring (bicyclic) bond motifs is 1. The van der Waals surface area contributed by atoms with Crippen LogP contribution < -0.4 is 0 Å². The molecule has 2 heterocycles. The van der Waals surface area contributed by atoms with Crippen molar-refractivity contribution >= 4 is 16.9 Å². The fourth-order valence-corrected chi connectivity index (χ4v) is 4.69. The van der Waals surface area contributed by atoms with E-state index in [-0.39, 0.29) is 0 Å². The van der Waals surface area contributed by atoms with E-state index in [9.17, 15) is 4.79 Å². The summed E-state index contributed by atoms with van der Waals surface area (Å²) in [5.74, 6) is 0.715. The van der Waals surface area contributed by atoms with Gasteiger partial charge >= 0.3 is 0 Å². The molecule has 1 atom stereocenters.